The number of benzene rings is 3. The molecule has 8 bridgehead atoms. The Labute approximate surface area is 383 Å². The topological polar surface area (TPSA) is 100 Å². The van der Waals surface area contributed by atoms with Crippen molar-refractivity contribution in [2.45, 2.75) is 105 Å². The SMILES string of the molecule is C#Cc1c2ccc([nH]2)c(-c2cc(C(C)(C)C)cc(C(C)(C)C)c2)c2nc(c(C#Cc3ccc([N+](=O)[O-])cc3)c3nc(c(-c4cc(C(C)(C)C)cc(C(C)(C)C)c4)c4ccc1[nH]4)C=C3)C=C2. The lowest BCUT2D eigenvalue weighted by Crippen LogP contribution is -2.16. The molecule has 0 fully saturated rings. The van der Waals surface area contributed by atoms with Crippen molar-refractivity contribution >= 4 is 52.1 Å². The summed E-state index contributed by atoms with van der Waals surface area (Å²) in [5.41, 5.74) is 16.5. The Morgan fingerprint density at radius 3 is 1.22 bits per heavy atom. The van der Waals surface area contributed by atoms with Crippen LogP contribution in [0.2, 0.25) is 0 Å². The average molecular weight is 856 g/mol. The zero-order valence-electron chi connectivity index (χ0n) is 39.6. The lowest BCUT2D eigenvalue weighted by atomic mass is 9.78. The first kappa shape index (κ1) is 44.4. The number of nitro benzene ring substituents is 1. The molecule has 7 heteroatoms. The third-order valence-corrected chi connectivity index (χ3v) is 12.2. The minimum Gasteiger partial charge on any atom is -0.354 e. The normalized spacial score (nSPS) is 12.8. The second-order valence-electron chi connectivity index (χ2n) is 21.3. The van der Waals surface area contributed by atoms with Crippen LogP contribution in [0.4, 0.5) is 5.69 Å². The van der Waals surface area contributed by atoms with Gasteiger partial charge in [0.05, 0.1) is 49.9 Å². The predicted molar refractivity (Wildman–Crippen MR) is 272 cm³/mol. The maximum Gasteiger partial charge on any atom is 0.269 e. The molecule has 3 aromatic carbocycles. The van der Waals surface area contributed by atoms with Gasteiger partial charge in [0.25, 0.3) is 5.69 Å². The molecule has 2 N–H and O–H groups in total. The number of H-pyrrole nitrogens is 2. The van der Waals surface area contributed by atoms with E-state index in [-0.39, 0.29) is 27.3 Å². The molecule has 0 amide bonds. The fraction of sp³-hybridized carbons (Fsp3) is 0.276. The van der Waals surface area contributed by atoms with Gasteiger partial charge in [0.2, 0.25) is 0 Å². The largest absolute Gasteiger partial charge is 0.354 e. The van der Waals surface area contributed by atoms with Crippen LogP contribution < -0.4 is 0 Å². The molecule has 3 aromatic heterocycles. The van der Waals surface area contributed by atoms with Crippen LogP contribution in [0.1, 0.15) is 145 Å². The Bertz CT molecular complexity index is 3030. The molecule has 0 saturated carbocycles. The van der Waals surface area contributed by atoms with E-state index >= 15 is 0 Å². The zero-order valence-corrected chi connectivity index (χ0v) is 39.6. The number of nitrogens with zero attached hydrogens (tertiary/aromatic N) is 3. The summed E-state index contributed by atoms with van der Waals surface area (Å²) in [6, 6.07) is 28.3. The van der Waals surface area contributed by atoms with Crippen LogP contribution in [0.25, 0.3) is 68.6 Å². The van der Waals surface area contributed by atoms with E-state index in [9.17, 15) is 10.1 Å². The molecule has 65 heavy (non-hydrogen) atoms. The van der Waals surface area contributed by atoms with Gasteiger partial charge in [-0.3, -0.25) is 10.1 Å². The number of aromatic amines is 2. The van der Waals surface area contributed by atoms with Crippen molar-refractivity contribution in [3.05, 3.63) is 157 Å². The second kappa shape index (κ2) is 16.1. The number of non-ortho nitro benzene ring substituents is 1. The van der Waals surface area contributed by atoms with Gasteiger partial charge in [0.1, 0.15) is 0 Å². The standard InChI is InChI=1S/C58H57N5O2/c1-14-43-45-21-25-49(59-45)53(36-29-38(55(2,3)4)33-39(30-36)56(5,6)7)51-27-23-47(61-51)44(20-17-35-15-18-42(19-16-35)63(64)65)48-24-28-52(62-48)54(50-26-22-46(43)60-50)37-31-40(57(8,9)10)34-41(32-37)58(11,12)13/h1,15-16,18-19,21-34,59-60H,2-13H3. The van der Waals surface area contributed by atoms with Gasteiger partial charge in [-0.2, -0.15) is 0 Å². The van der Waals surface area contributed by atoms with Crippen LogP contribution in [0.3, 0.4) is 0 Å². The van der Waals surface area contributed by atoms with Crippen molar-refractivity contribution in [2.24, 2.45) is 0 Å². The molecule has 0 unspecified atom stereocenters. The van der Waals surface area contributed by atoms with E-state index < -0.39 is 4.92 Å². The summed E-state index contributed by atoms with van der Waals surface area (Å²) in [5.74, 6) is 9.74. The lowest BCUT2D eigenvalue weighted by Gasteiger charge is -2.26. The first-order chi connectivity index (χ1) is 30.5. The Hall–Kier alpha value is -7.22. The van der Waals surface area contributed by atoms with Crippen LogP contribution in [-0.4, -0.2) is 24.9 Å². The highest BCUT2D eigenvalue weighted by Crippen LogP contribution is 2.40. The van der Waals surface area contributed by atoms with Crippen molar-refractivity contribution in [3.8, 4) is 46.4 Å². The van der Waals surface area contributed by atoms with Gasteiger partial charge in [-0.15, -0.1) is 6.42 Å². The molecular formula is C58H57N5O2. The van der Waals surface area contributed by atoms with Crippen LogP contribution in [-0.2, 0) is 21.7 Å². The second-order valence-corrected chi connectivity index (χ2v) is 21.3. The van der Waals surface area contributed by atoms with Gasteiger partial charge in [-0.05, 0) is 116 Å². The van der Waals surface area contributed by atoms with E-state index in [4.69, 9.17) is 16.4 Å². The minimum absolute atomic E-state index is 0.00550. The third kappa shape index (κ3) is 8.98. The van der Waals surface area contributed by atoms with Crippen molar-refractivity contribution in [3.63, 3.8) is 0 Å². The van der Waals surface area contributed by atoms with Gasteiger partial charge < -0.3 is 9.97 Å². The number of hydrogen-bond acceptors (Lipinski definition) is 4. The highest BCUT2D eigenvalue weighted by molar-refractivity contribution is 5.95. The molecule has 0 radical (unpaired) electrons. The van der Waals surface area contributed by atoms with Gasteiger partial charge in [-0.1, -0.05) is 137 Å². The summed E-state index contributed by atoms with van der Waals surface area (Å²) in [6.07, 6.45) is 14.5. The Morgan fingerprint density at radius 2 is 0.862 bits per heavy atom. The van der Waals surface area contributed by atoms with E-state index in [1.165, 1.54) is 34.4 Å². The molecule has 0 saturated heterocycles. The average Bonchev–Trinajstić information content (AvgIpc) is 4.07. The highest BCUT2D eigenvalue weighted by Gasteiger charge is 2.25. The first-order valence-electron chi connectivity index (χ1n) is 22.2. The molecule has 7 nitrogen and oxygen atoms in total. The molecule has 326 valence electrons. The summed E-state index contributed by atoms with van der Waals surface area (Å²) < 4.78 is 0. The fourth-order valence-corrected chi connectivity index (χ4v) is 8.17. The van der Waals surface area contributed by atoms with E-state index in [0.717, 1.165) is 55.7 Å². The van der Waals surface area contributed by atoms with Crippen LogP contribution in [0.15, 0.2) is 84.9 Å². The molecule has 0 spiro atoms. The number of rotatable bonds is 3. The van der Waals surface area contributed by atoms with E-state index in [0.29, 0.717) is 28.1 Å². The molecule has 6 aromatic rings. The van der Waals surface area contributed by atoms with Crippen LogP contribution in [0, 0.1) is 34.3 Å². The predicted octanol–water partition coefficient (Wildman–Crippen LogP) is 14.5. The minimum atomic E-state index is -0.407. The number of terminal acetylenes is 1. The van der Waals surface area contributed by atoms with E-state index in [2.05, 4.69) is 171 Å². The first-order valence-corrected chi connectivity index (χ1v) is 22.2. The number of fused-ring (bicyclic) bond motifs is 8. The molecular weight excluding hydrogens is 799 g/mol. The number of aromatic nitrogens is 4. The number of hydrogen-bond donors (Lipinski definition) is 2. The Morgan fingerprint density at radius 1 is 0.492 bits per heavy atom. The lowest BCUT2D eigenvalue weighted by molar-refractivity contribution is -0.384. The molecule has 2 aliphatic rings. The molecule has 2 aliphatic heterocycles. The summed E-state index contributed by atoms with van der Waals surface area (Å²) in [4.78, 5) is 29.4. The molecule has 5 heterocycles. The number of nitro groups is 1. The van der Waals surface area contributed by atoms with Gasteiger partial charge in [-0.25, -0.2) is 9.97 Å². The van der Waals surface area contributed by atoms with Crippen LogP contribution >= 0.6 is 0 Å². The van der Waals surface area contributed by atoms with Crippen molar-refractivity contribution in [1.29, 1.82) is 0 Å². The smallest absolute Gasteiger partial charge is 0.269 e. The quantitative estimate of drug-likeness (QED) is 0.105. The van der Waals surface area contributed by atoms with Crippen LogP contribution in [0.5, 0.6) is 0 Å². The monoisotopic (exact) mass is 855 g/mol. The Kier molecular flexibility index (Phi) is 11.0. The van der Waals surface area contributed by atoms with Gasteiger partial charge in [0, 0.05) is 39.9 Å². The fourth-order valence-electron chi connectivity index (χ4n) is 8.17. The summed E-state index contributed by atoms with van der Waals surface area (Å²) in [6.45, 7) is 26.9. The van der Waals surface area contributed by atoms with E-state index in [1.54, 1.807) is 12.1 Å². The highest BCUT2D eigenvalue weighted by atomic mass is 16.6. The maximum absolute atomic E-state index is 11.5. The van der Waals surface area contributed by atoms with E-state index in [1.807, 2.05) is 24.3 Å². The van der Waals surface area contributed by atoms with Gasteiger partial charge in [0.15, 0.2) is 0 Å². The molecule has 8 rings (SSSR count). The maximum atomic E-state index is 11.5. The Balaban J connectivity index is 1.54. The van der Waals surface area contributed by atoms with Gasteiger partial charge >= 0.3 is 0 Å². The summed E-state index contributed by atoms with van der Waals surface area (Å²) >= 11 is 0. The zero-order chi connectivity index (χ0) is 46.8. The van der Waals surface area contributed by atoms with Crippen molar-refractivity contribution in [1.82, 2.24) is 19.9 Å². The molecule has 0 atom stereocenters. The van der Waals surface area contributed by atoms with Crippen molar-refractivity contribution < 1.29 is 4.92 Å². The third-order valence-electron chi connectivity index (χ3n) is 12.2. The van der Waals surface area contributed by atoms with Crippen molar-refractivity contribution in [2.75, 3.05) is 0 Å². The summed E-state index contributed by atoms with van der Waals surface area (Å²) in [7, 11) is 0. The molecule has 0 aliphatic carbocycles. The number of nitrogens with one attached hydrogen (secondary N) is 2. The summed E-state index contributed by atoms with van der Waals surface area (Å²) in [5, 5.41) is 11.5.